The van der Waals surface area contributed by atoms with E-state index in [2.05, 4.69) is 20.6 Å². The van der Waals surface area contributed by atoms with Crippen LogP contribution in [0, 0.1) is 11.8 Å². The average molecular weight is 318 g/mol. The molecule has 1 aromatic rings. The van der Waals surface area contributed by atoms with Gasteiger partial charge >= 0.3 is 0 Å². The minimum Gasteiger partial charge on any atom is -0.381 e. The van der Waals surface area contributed by atoms with Crippen LogP contribution in [0.5, 0.6) is 0 Å². The van der Waals surface area contributed by atoms with Crippen LogP contribution in [0.15, 0.2) is 12.4 Å². The van der Waals surface area contributed by atoms with Gasteiger partial charge in [0, 0.05) is 44.6 Å². The van der Waals surface area contributed by atoms with Crippen molar-refractivity contribution in [2.75, 3.05) is 39.4 Å². The van der Waals surface area contributed by atoms with Crippen molar-refractivity contribution >= 4 is 5.91 Å². The summed E-state index contributed by atoms with van der Waals surface area (Å²) in [7, 11) is 0. The molecule has 6 nitrogen and oxygen atoms in total. The van der Waals surface area contributed by atoms with Gasteiger partial charge in [0.25, 0.3) is 0 Å². The van der Waals surface area contributed by atoms with Gasteiger partial charge in [-0.15, -0.1) is 0 Å². The Morgan fingerprint density at radius 3 is 2.96 bits per heavy atom. The molecule has 2 fully saturated rings. The van der Waals surface area contributed by atoms with E-state index in [9.17, 15) is 4.79 Å². The Hall–Kier alpha value is -1.40. The lowest BCUT2D eigenvalue weighted by atomic mass is 10.0. The molecular weight excluding hydrogens is 292 g/mol. The summed E-state index contributed by atoms with van der Waals surface area (Å²) in [4.78, 5) is 21.9. The number of carbonyl (C=O) groups is 1. The maximum Gasteiger partial charge on any atom is 0.228 e. The summed E-state index contributed by atoms with van der Waals surface area (Å²) in [6.07, 6.45) is 7.39. The summed E-state index contributed by atoms with van der Waals surface area (Å²) in [6, 6.07) is 0. The van der Waals surface area contributed by atoms with Crippen molar-refractivity contribution in [3.63, 3.8) is 0 Å². The fourth-order valence-corrected chi connectivity index (χ4v) is 4.14. The Bertz CT molecular complexity index is 547. The molecule has 0 bridgehead atoms. The first kappa shape index (κ1) is 15.1. The summed E-state index contributed by atoms with van der Waals surface area (Å²) >= 11 is 0. The second kappa shape index (κ2) is 6.61. The zero-order valence-corrected chi connectivity index (χ0v) is 13.7. The van der Waals surface area contributed by atoms with Crippen LogP contribution in [0.4, 0.5) is 0 Å². The van der Waals surface area contributed by atoms with Crippen LogP contribution in [-0.4, -0.2) is 64.7 Å². The van der Waals surface area contributed by atoms with Crippen LogP contribution in [0.3, 0.4) is 0 Å². The molecule has 126 valence electrons. The van der Waals surface area contributed by atoms with Crippen LogP contribution < -0.4 is 0 Å². The molecule has 2 atom stereocenters. The lowest BCUT2D eigenvalue weighted by Crippen LogP contribution is -2.41. The van der Waals surface area contributed by atoms with E-state index in [4.69, 9.17) is 4.74 Å². The Kier molecular flexibility index (Phi) is 4.35. The molecule has 4 heterocycles. The molecule has 0 N–H and O–H groups in total. The molecule has 1 aromatic heterocycles. The molecule has 1 amide bonds. The number of hydrogen-bond donors (Lipinski definition) is 0. The van der Waals surface area contributed by atoms with Crippen LogP contribution in [-0.2, 0) is 22.6 Å². The third-order valence-corrected chi connectivity index (χ3v) is 5.37. The van der Waals surface area contributed by atoms with Crippen LogP contribution >= 0.6 is 0 Å². The lowest BCUT2D eigenvalue weighted by Gasteiger charge is -2.28. The fourth-order valence-electron chi connectivity index (χ4n) is 4.14. The molecule has 0 aliphatic carbocycles. The van der Waals surface area contributed by atoms with Crippen molar-refractivity contribution in [2.45, 2.75) is 32.4 Å². The van der Waals surface area contributed by atoms with Gasteiger partial charge in [0.2, 0.25) is 5.91 Å². The van der Waals surface area contributed by atoms with Gasteiger partial charge in [-0.1, -0.05) is 0 Å². The first-order valence-electron chi connectivity index (χ1n) is 8.88. The van der Waals surface area contributed by atoms with Crippen molar-refractivity contribution in [3.8, 4) is 0 Å². The van der Waals surface area contributed by atoms with E-state index in [1.54, 1.807) is 0 Å². The molecule has 0 aromatic carbocycles. The van der Waals surface area contributed by atoms with Gasteiger partial charge in [-0.05, 0) is 32.4 Å². The van der Waals surface area contributed by atoms with Crippen molar-refractivity contribution < 1.29 is 9.53 Å². The highest BCUT2D eigenvalue weighted by molar-refractivity contribution is 5.79. The summed E-state index contributed by atoms with van der Waals surface area (Å²) in [6.45, 7) is 7.25. The number of carbonyl (C=O) groups excluding carboxylic acids is 1. The van der Waals surface area contributed by atoms with Gasteiger partial charge in [0.05, 0.1) is 19.1 Å². The van der Waals surface area contributed by atoms with Crippen molar-refractivity contribution in [3.05, 3.63) is 18.2 Å². The zero-order valence-electron chi connectivity index (χ0n) is 13.7. The fraction of sp³-hybridized carbons (Fsp3) is 0.765. The highest BCUT2D eigenvalue weighted by Crippen LogP contribution is 2.22. The molecular formula is C17H26N4O2. The van der Waals surface area contributed by atoms with Crippen LogP contribution in [0.25, 0.3) is 0 Å². The quantitative estimate of drug-likeness (QED) is 0.833. The average Bonchev–Trinajstić information content (AvgIpc) is 3.28. The molecule has 23 heavy (non-hydrogen) atoms. The first-order chi connectivity index (χ1) is 11.3. The van der Waals surface area contributed by atoms with Gasteiger partial charge in [0.1, 0.15) is 5.82 Å². The van der Waals surface area contributed by atoms with Crippen LogP contribution in [0.1, 0.15) is 25.1 Å². The van der Waals surface area contributed by atoms with E-state index in [1.807, 2.05) is 11.1 Å². The van der Waals surface area contributed by atoms with E-state index < -0.39 is 0 Å². The third-order valence-electron chi connectivity index (χ3n) is 5.37. The number of rotatable bonds is 3. The van der Waals surface area contributed by atoms with Crippen molar-refractivity contribution in [1.29, 1.82) is 0 Å². The molecule has 0 spiro atoms. The third kappa shape index (κ3) is 3.28. The zero-order chi connectivity index (χ0) is 15.6. The van der Waals surface area contributed by atoms with Crippen molar-refractivity contribution in [2.24, 2.45) is 11.8 Å². The van der Waals surface area contributed by atoms with Crippen LogP contribution in [0.2, 0.25) is 0 Å². The molecule has 3 aliphatic rings. The molecule has 4 rings (SSSR count). The van der Waals surface area contributed by atoms with Gasteiger partial charge < -0.3 is 19.1 Å². The second-order valence-corrected chi connectivity index (χ2v) is 7.15. The van der Waals surface area contributed by atoms with E-state index in [0.29, 0.717) is 19.1 Å². The smallest absolute Gasteiger partial charge is 0.228 e. The molecule has 0 radical (unpaired) electrons. The number of likely N-dealkylation sites (tertiary alicyclic amines) is 1. The second-order valence-electron chi connectivity index (χ2n) is 7.15. The number of imidazole rings is 1. The number of hydrogen-bond acceptors (Lipinski definition) is 4. The van der Waals surface area contributed by atoms with E-state index >= 15 is 0 Å². The Labute approximate surface area is 137 Å². The van der Waals surface area contributed by atoms with E-state index in [1.165, 1.54) is 25.9 Å². The largest absolute Gasteiger partial charge is 0.381 e. The van der Waals surface area contributed by atoms with Gasteiger partial charge in [0.15, 0.2) is 0 Å². The molecule has 2 saturated heterocycles. The number of fused-ring (bicyclic) bond motifs is 1. The summed E-state index contributed by atoms with van der Waals surface area (Å²) in [5.74, 6) is 1.80. The maximum atomic E-state index is 12.9. The number of aromatic nitrogens is 2. The Morgan fingerprint density at radius 1 is 1.30 bits per heavy atom. The van der Waals surface area contributed by atoms with Gasteiger partial charge in [-0.2, -0.15) is 0 Å². The summed E-state index contributed by atoms with van der Waals surface area (Å²) in [5, 5.41) is 0. The highest BCUT2D eigenvalue weighted by Gasteiger charge is 2.32. The summed E-state index contributed by atoms with van der Waals surface area (Å²) < 4.78 is 7.65. The molecule has 0 saturated carbocycles. The number of nitrogens with zero attached hydrogens (tertiary/aromatic N) is 4. The van der Waals surface area contributed by atoms with E-state index in [-0.39, 0.29) is 11.8 Å². The van der Waals surface area contributed by atoms with E-state index in [0.717, 1.165) is 38.5 Å². The minimum atomic E-state index is 0.0453. The SMILES string of the molecule is O=C([C@H]1CCOC1)N1Cc2nccn2C[C@H](CN2CCCC2)C1. The monoisotopic (exact) mass is 318 g/mol. The topological polar surface area (TPSA) is 50.6 Å². The molecule has 3 aliphatic heterocycles. The molecule has 6 heteroatoms. The Balaban J connectivity index is 1.50. The Morgan fingerprint density at radius 2 is 2.17 bits per heavy atom. The summed E-state index contributed by atoms with van der Waals surface area (Å²) in [5.41, 5.74) is 0. The molecule has 0 unspecified atom stereocenters. The highest BCUT2D eigenvalue weighted by atomic mass is 16.5. The lowest BCUT2D eigenvalue weighted by molar-refractivity contribution is -0.136. The number of amides is 1. The van der Waals surface area contributed by atoms with Crippen molar-refractivity contribution in [1.82, 2.24) is 19.4 Å². The standard InChI is InChI=1S/C17H26N4O2/c22-17(15-3-8-23-13-15)21-11-14(9-19-5-1-2-6-19)10-20-7-4-18-16(20)12-21/h4,7,14-15H,1-3,5-6,8-13H2/t14-,15-/m0/s1. The number of ether oxygens (including phenoxy) is 1. The predicted molar refractivity (Wildman–Crippen MR) is 85.7 cm³/mol. The minimum absolute atomic E-state index is 0.0453. The normalized spacial score (nSPS) is 28.8. The van der Waals surface area contributed by atoms with Gasteiger partial charge in [-0.25, -0.2) is 4.98 Å². The first-order valence-corrected chi connectivity index (χ1v) is 8.88. The van der Waals surface area contributed by atoms with Gasteiger partial charge in [-0.3, -0.25) is 4.79 Å². The maximum absolute atomic E-state index is 12.9. The predicted octanol–water partition coefficient (Wildman–Crippen LogP) is 0.974.